The van der Waals surface area contributed by atoms with Crippen LogP contribution in [0, 0.1) is 0 Å². The number of benzene rings is 1. The van der Waals surface area contributed by atoms with E-state index in [1.54, 1.807) is 23.1 Å². The number of para-hydroxylation sites is 1. The van der Waals surface area contributed by atoms with Crippen LogP contribution in [0.25, 0.3) is 0 Å². The predicted octanol–water partition coefficient (Wildman–Crippen LogP) is -0.0436. The number of aromatic hydroxyl groups is 1. The van der Waals surface area contributed by atoms with E-state index in [9.17, 15) is 18.3 Å². The predicted molar refractivity (Wildman–Crippen MR) is 78.2 cm³/mol. The summed E-state index contributed by atoms with van der Waals surface area (Å²) in [7, 11) is -0.481. The number of hydrogen-bond acceptors (Lipinski definition) is 4. The van der Waals surface area contributed by atoms with E-state index in [1.807, 2.05) is 0 Å². The average molecular weight is 313 g/mol. The summed E-state index contributed by atoms with van der Waals surface area (Å²) in [6.45, 7) is 1.11. The smallest absolute Gasteiger partial charge is 0.281 e. The summed E-state index contributed by atoms with van der Waals surface area (Å²) in [4.78, 5) is 13.9. The number of phenolic OH excluding ortho intramolecular Hbond substituents is 1. The first-order valence-corrected chi connectivity index (χ1v) is 7.98. The van der Waals surface area contributed by atoms with Crippen molar-refractivity contribution in [1.82, 2.24) is 13.5 Å². The van der Waals surface area contributed by atoms with Crippen LogP contribution >= 0.6 is 0 Å². The number of nitrogens with zero attached hydrogens (tertiary/aromatic N) is 3. The Bertz CT molecular complexity index is 622. The molecule has 0 aliphatic carbocycles. The van der Waals surface area contributed by atoms with Crippen LogP contribution in [0.5, 0.6) is 5.75 Å². The van der Waals surface area contributed by atoms with E-state index in [-0.39, 0.29) is 30.3 Å². The molecule has 0 bridgehead atoms. The molecule has 2 rings (SSSR count). The van der Waals surface area contributed by atoms with Crippen LogP contribution < -0.4 is 0 Å². The van der Waals surface area contributed by atoms with Crippen molar-refractivity contribution in [2.75, 3.05) is 40.3 Å². The molecule has 1 heterocycles. The van der Waals surface area contributed by atoms with Crippen molar-refractivity contribution in [3.63, 3.8) is 0 Å². The minimum atomic E-state index is -3.44. The number of rotatable bonds is 3. The molecule has 116 valence electrons. The first-order valence-electron chi connectivity index (χ1n) is 6.59. The lowest BCUT2D eigenvalue weighted by atomic mass is 10.1. The van der Waals surface area contributed by atoms with E-state index < -0.39 is 10.2 Å². The van der Waals surface area contributed by atoms with Crippen LogP contribution in [-0.4, -0.2) is 73.2 Å². The van der Waals surface area contributed by atoms with Gasteiger partial charge in [-0.15, -0.1) is 0 Å². The maximum absolute atomic E-state index is 12.3. The van der Waals surface area contributed by atoms with E-state index in [0.717, 1.165) is 4.31 Å². The highest BCUT2D eigenvalue weighted by molar-refractivity contribution is 7.86. The summed E-state index contributed by atoms with van der Waals surface area (Å²) in [6, 6.07) is 6.34. The number of carbonyl (C=O) groups is 1. The van der Waals surface area contributed by atoms with Crippen molar-refractivity contribution in [2.45, 2.75) is 0 Å². The van der Waals surface area contributed by atoms with Gasteiger partial charge < -0.3 is 10.0 Å². The van der Waals surface area contributed by atoms with Crippen LogP contribution in [0.2, 0.25) is 0 Å². The molecule has 0 aromatic heterocycles. The second kappa shape index (κ2) is 6.00. The average Bonchev–Trinajstić information content (AvgIpc) is 2.47. The molecule has 0 radical (unpaired) electrons. The molecule has 1 fully saturated rings. The second-order valence-electron chi connectivity index (χ2n) is 5.00. The molecule has 8 heteroatoms. The number of amides is 1. The molecule has 1 N–H and O–H groups in total. The van der Waals surface area contributed by atoms with Crippen molar-refractivity contribution in [3.05, 3.63) is 29.8 Å². The van der Waals surface area contributed by atoms with E-state index in [2.05, 4.69) is 0 Å². The van der Waals surface area contributed by atoms with Gasteiger partial charge in [-0.1, -0.05) is 12.1 Å². The molecule has 21 heavy (non-hydrogen) atoms. The van der Waals surface area contributed by atoms with Crippen LogP contribution in [0.4, 0.5) is 0 Å². The van der Waals surface area contributed by atoms with Crippen molar-refractivity contribution >= 4 is 16.1 Å². The lowest BCUT2D eigenvalue weighted by Gasteiger charge is -2.35. The standard InChI is InChI=1S/C13H19N3O4S/c1-14(2)21(19,20)16-9-7-15(8-10-16)13(18)11-5-3-4-6-12(11)17/h3-6,17H,7-10H2,1-2H3. The lowest BCUT2D eigenvalue weighted by molar-refractivity contribution is 0.0692. The van der Waals surface area contributed by atoms with E-state index in [4.69, 9.17) is 0 Å². The summed E-state index contributed by atoms with van der Waals surface area (Å²) >= 11 is 0. The van der Waals surface area contributed by atoms with Gasteiger partial charge in [0.1, 0.15) is 5.75 Å². The highest BCUT2D eigenvalue weighted by Crippen LogP contribution is 2.19. The Morgan fingerprint density at radius 3 is 2.24 bits per heavy atom. The summed E-state index contributed by atoms with van der Waals surface area (Å²) in [5, 5.41) is 9.71. The quantitative estimate of drug-likeness (QED) is 0.849. The van der Waals surface area contributed by atoms with Crippen LogP contribution in [0.15, 0.2) is 24.3 Å². The minimum absolute atomic E-state index is 0.0640. The summed E-state index contributed by atoms with van der Waals surface area (Å²) in [5.74, 6) is -0.346. The summed E-state index contributed by atoms with van der Waals surface area (Å²) < 4.78 is 26.5. The van der Waals surface area contributed by atoms with Gasteiger partial charge in [-0.2, -0.15) is 17.0 Å². The number of piperazine rings is 1. The van der Waals surface area contributed by atoms with Gasteiger partial charge in [0.2, 0.25) is 0 Å². The zero-order chi connectivity index (χ0) is 15.6. The van der Waals surface area contributed by atoms with Gasteiger partial charge in [0.25, 0.3) is 16.1 Å². The largest absolute Gasteiger partial charge is 0.507 e. The van der Waals surface area contributed by atoms with Crippen LogP contribution in [0.1, 0.15) is 10.4 Å². The molecule has 7 nitrogen and oxygen atoms in total. The third kappa shape index (κ3) is 3.17. The molecule has 1 aliphatic rings. The van der Waals surface area contributed by atoms with Crippen molar-refractivity contribution in [3.8, 4) is 5.75 Å². The maximum atomic E-state index is 12.3. The summed E-state index contributed by atoms with van der Waals surface area (Å²) in [6.07, 6.45) is 0. The third-order valence-corrected chi connectivity index (χ3v) is 5.39. The normalized spacial score (nSPS) is 17.2. The fourth-order valence-corrected chi connectivity index (χ4v) is 3.26. The Hall–Kier alpha value is -1.64. The molecule has 0 unspecified atom stereocenters. The van der Waals surface area contributed by atoms with Gasteiger partial charge in [0.05, 0.1) is 5.56 Å². The van der Waals surface area contributed by atoms with Gasteiger partial charge in [0.15, 0.2) is 0 Å². The topological polar surface area (TPSA) is 81.2 Å². The van der Waals surface area contributed by atoms with Gasteiger partial charge in [-0.05, 0) is 12.1 Å². The molecule has 0 atom stereocenters. The summed E-state index contributed by atoms with van der Waals surface area (Å²) in [5.41, 5.74) is 0.237. The highest BCUT2D eigenvalue weighted by atomic mass is 32.2. The van der Waals surface area contributed by atoms with Gasteiger partial charge in [-0.25, -0.2) is 0 Å². The monoisotopic (exact) mass is 313 g/mol. The van der Waals surface area contributed by atoms with Crippen LogP contribution in [0.3, 0.4) is 0 Å². The Balaban J connectivity index is 2.05. The molecular weight excluding hydrogens is 294 g/mol. The fraction of sp³-hybridized carbons (Fsp3) is 0.462. The number of hydrogen-bond donors (Lipinski definition) is 1. The molecule has 1 aromatic carbocycles. The third-order valence-electron chi connectivity index (χ3n) is 3.45. The molecule has 1 saturated heterocycles. The highest BCUT2D eigenvalue weighted by Gasteiger charge is 2.30. The molecule has 1 aliphatic heterocycles. The number of carbonyl (C=O) groups excluding carboxylic acids is 1. The Morgan fingerprint density at radius 2 is 1.71 bits per heavy atom. The Kier molecular flexibility index (Phi) is 4.50. The maximum Gasteiger partial charge on any atom is 0.281 e. The van der Waals surface area contributed by atoms with Gasteiger partial charge in [0, 0.05) is 40.3 Å². The molecule has 0 saturated carbocycles. The zero-order valence-electron chi connectivity index (χ0n) is 12.1. The Labute approximate surface area is 124 Å². The first kappa shape index (κ1) is 15.7. The van der Waals surface area contributed by atoms with Crippen molar-refractivity contribution in [1.29, 1.82) is 0 Å². The number of phenols is 1. The van der Waals surface area contributed by atoms with Crippen molar-refractivity contribution in [2.24, 2.45) is 0 Å². The van der Waals surface area contributed by atoms with E-state index >= 15 is 0 Å². The second-order valence-corrected chi connectivity index (χ2v) is 7.14. The van der Waals surface area contributed by atoms with Gasteiger partial charge in [-0.3, -0.25) is 4.79 Å². The molecule has 1 amide bonds. The molecule has 1 aromatic rings. The first-order chi connectivity index (χ1) is 9.84. The minimum Gasteiger partial charge on any atom is -0.507 e. The van der Waals surface area contributed by atoms with E-state index in [1.165, 1.54) is 24.5 Å². The van der Waals surface area contributed by atoms with Crippen molar-refractivity contribution < 1.29 is 18.3 Å². The molecular formula is C13H19N3O4S. The molecule has 0 spiro atoms. The zero-order valence-corrected chi connectivity index (χ0v) is 12.9. The lowest BCUT2D eigenvalue weighted by Crippen LogP contribution is -2.53. The van der Waals surface area contributed by atoms with Gasteiger partial charge >= 0.3 is 0 Å². The fourth-order valence-electron chi connectivity index (χ4n) is 2.18. The van der Waals surface area contributed by atoms with E-state index in [0.29, 0.717) is 13.1 Å². The Morgan fingerprint density at radius 1 is 1.14 bits per heavy atom. The SMILES string of the molecule is CN(C)S(=O)(=O)N1CCN(C(=O)c2ccccc2O)CC1. The van der Waals surface area contributed by atoms with Crippen LogP contribution in [-0.2, 0) is 10.2 Å².